The first kappa shape index (κ1) is 15.9. The van der Waals surface area contributed by atoms with E-state index in [1.165, 1.54) is 4.88 Å². The molecule has 1 saturated heterocycles. The number of hydrogen-bond acceptors (Lipinski definition) is 3. The van der Waals surface area contributed by atoms with Gasteiger partial charge in [0.1, 0.15) is 0 Å². The lowest BCUT2D eigenvalue weighted by molar-refractivity contribution is -0.131. The zero-order chi connectivity index (χ0) is 13.9. The molecular weight excluding hydrogens is 304 g/mol. The normalized spacial score (nSPS) is 17.5. The SMILES string of the molecule is Cl.Nc1ccc(CC(=O)N2CCCC2c2cccs2)cc1. The molecule has 0 spiro atoms. The van der Waals surface area contributed by atoms with E-state index in [1.54, 1.807) is 11.3 Å². The second kappa shape index (κ2) is 6.96. The van der Waals surface area contributed by atoms with Crippen LogP contribution in [0.2, 0.25) is 0 Å². The number of nitrogen functional groups attached to an aromatic ring is 1. The fourth-order valence-electron chi connectivity index (χ4n) is 2.75. The first-order valence-corrected chi connectivity index (χ1v) is 7.79. The van der Waals surface area contributed by atoms with E-state index in [0.717, 1.165) is 30.6 Å². The highest BCUT2D eigenvalue weighted by Gasteiger charge is 2.30. The van der Waals surface area contributed by atoms with Crippen molar-refractivity contribution < 1.29 is 4.79 Å². The van der Waals surface area contributed by atoms with E-state index in [0.29, 0.717) is 6.42 Å². The van der Waals surface area contributed by atoms with E-state index in [2.05, 4.69) is 17.5 Å². The van der Waals surface area contributed by atoms with Crippen LogP contribution in [-0.4, -0.2) is 17.4 Å². The summed E-state index contributed by atoms with van der Waals surface area (Å²) in [5.74, 6) is 0.214. The van der Waals surface area contributed by atoms with E-state index in [1.807, 2.05) is 29.2 Å². The number of amides is 1. The lowest BCUT2D eigenvalue weighted by Crippen LogP contribution is -2.31. The van der Waals surface area contributed by atoms with Crippen molar-refractivity contribution in [2.24, 2.45) is 0 Å². The van der Waals surface area contributed by atoms with Crippen molar-refractivity contribution in [1.82, 2.24) is 4.90 Å². The topological polar surface area (TPSA) is 46.3 Å². The third kappa shape index (κ3) is 3.57. The number of likely N-dealkylation sites (tertiary alicyclic amines) is 1. The van der Waals surface area contributed by atoms with Crippen LogP contribution >= 0.6 is 23.7 Å². The van der Waals surface area contributed by atoms with Crippen molar-refractivity contribution in [2.45, 2.75) is 25.3 Å². The first-order valence-electron chi connectivity index (χ1n) is 6.91. The van der Waals surface area contributed by atoms with Gasteiger partial charge < -0.3 is 10.6 Å². The number of thiophene rings is 1. The van der Waals surface area contributed by atoms with E-state index in [9.17, 15) is 4.79 Å². The molecule has 2 N–H and O–H groups in total. The quantitative estimate of drug-likeness (QED) is 0.877. The van der Waals surface area contributed by atoms with Gasteiger partial charge in [0.15, 0.2) is 0 Å². The number of carbonyl (C=O) groups excluding carboxylic acids is 1. The molecule has 112 valence electrons. The van der Waals surface area contributed by atoms with Crippen molar-refractivity contribution >= 4 is 35.3 Å². The molecule has 1 amide bonds. The average Bonchev–Trinajstić information content (AvgIpc) is 3.11. The van der Waals surface area contributed by atoms with Crippen molar-refractivity contribution in [3.8, 4) is 0 Å². The number of benzene rings is 1. The minimum Gasteiger partial charge on any atom is -0.399 e. The minimum atomic E-state index is 0. The van der Waals surface area contributed by atoms with Gasteiger partial charge >= 0.3 is 0 Å². The third-order valence-electron chi connectivity index (χ3n) is 3.78. The Morgan fingerprint density at radius 1 is 1.29 bits per heavy atom. The zero-order valence-electron chi connectivity index (χ0n) is 11.7. The second-order valence-corrected chi connectivity index (χ2v) is 6.16. The summed E-state index contributed by atoms with van der Waals surface area (Å²) >= 11 is 1.74. The molecule has 21 heavy (non-hydrogen) atoms. The van der Waals surface area contributed by atoms with Crippen molar-refractivity contribution in [1.29, 1.82) is 0 Å². The fraction of sp³-hybridized carbons (Fsp3) is 0.312. The molecule has 1 unspecified atom stereocenters. The van der Waals surface area contributed by atoms with Crippen LogP contribution in [0.5, 0.6) is 0 Å². The maximum atomic E-state index is 12.5. The summed E-state index contributed by atoms with van der Waals surface area (Å²) in [7, 11) is 0. The Morgan fingerprint density at radius 2 is 2.05 bits per heavy atom. The van der Waals surface area contributed by atoms with Gasteiger partial charge in [0.25, 0.3) is 0 Å². The van der Waals surface area contributed by atoms with Crippen LogP contribution in [0.1, 0.15) is 29.3 Å². The molecule has 2 aromatic rings. The van der Waals surface area contributed by atoms with Crippen LogP contribution in [0, 0.1) is 0 Å². The molecule has 1 aliphatic rings. The van der Waals surface area contributed by atoms with E-state index >= 15 is 0 Å². The molecule has 1 fully saturated rings. The number of hydrogen-bond donors (Lipinski definition) is 1. The van der Waals surface area contributed by atoms with Gasteiger partial charge in [0.2, 0.25) is 5.91 Å². The number of nitrogens with zero attached hydrogens (tertiary/aromatic N) is 1. The predicted molar refractivity (Wildman–Crippen MR) is 89.8 cm³/mol. The van der Waals surface area contributed by atoms with Gasteiger partial charge in [-0.1, -0.05) is 18.2 Å². The zero-order valence-corrected chi connectivity index (χ0v) is 13.3. The molecule has 1 aliphatic heterocycles. The Labute approximate surface area is 135 Å². The van der Waals surface area contributed by atoms with Gasteiger partial charge in [-0.25, -0.2) is 0 Å². The Kier molecular flexibility index (Phi) is 5.26. The Morgan fingerprint density at radius 3 is 2.71 bits per heavy atom. The second-order valence-electron chi connectivity index (χ2n) is 5.18. The van der Waals surface area contributed by atoms with Crippen LogP contribution in [0.15, 0.2) is 41.8 Å². The number of carbonyl (C=O) groups is 1. The van der Waals surface area contributed by atoms with Crippen LogP contribution in [0.4, 0.5) is 5.69 Å². The molecule has 1 aromatic heterocycles. The summed E-state index contributed by atoms with van der Waals surface area (Å²) in [6, 6.07) is 12.0. The van der Waals surface area contributed by atoms with Gasteiger partial charge in [-0.2, -0.15) is 0 Å². The standard InChI is InChI=1S/C16H18N2OS.ClH/c17-13-7-5-12(6-8-13)11-16(19)18-9-1-3-14(18)15-4-2-10-20-15;/h2,4-8,10,14H,1,3,9,11,17H2;1H. The van der Waals surface area contributed by atoms with Crippen LogP contribution < -0.4 is 5.73 Å². The Bertz CT molecular complexity index is 583. The van der Waals surface area contributed by atoms with Crippen molar-refractivity contribution in [3.05, 3.63) is 52.2 Å². The summed E-state index contributed by atoms with van der Waals surface area (Å²) in [5, 5.41) is 2.08. The van der Waals surface area contributed by atoms with E-state index in [-0.39, 0.29) is 24.4 Å². The molecule has 1 atom stereocenters. The summed E-state index contributed by atoms with van der Waals surface area (Å²) in [5.41, 5.74) is 7.44. The summed E-state index contributed by atoms with van der Waals surface area (Å²) in [4.78, 5) is 15.8. The van der Waals surface area contributed by atoms with E-state index in [4.69, 9.17) is 5.73 Å². The molecule has 0 bridgehead atoms. The Balaban J connectivity index is 0.00000161. The third-order valence-corrected chi connectivity index (χ3v) is 4.75. The van der Waals surface area contributed by atoms with E-state index < -0.39 is 0 Å². The number of rotatable bonds is 3. The van der Waals surface area contributed by atoms with Crippen molar-refractivity contribution in [3.63, 3.8) is 0 Å². The van der Waals surface area contributed by atoms with Gasteiger partial charge in [-0.15, -0.1) is 23.7 Å². The number of nitrogens with two attached hydrogens (primary N) is 1. The van der Waals surface area contributed by atoms with Crippen LogP contribution in [-0.2, 0) is 11.2 Å². The number of halogens is 1. The first-order chi connectivity index (χ1) is 9.74. The van der Waals surface area contributed by atoms with Gasteiger partial charge in [-0.3, -0.25) is 4.79 Å². The molecule has 1 aromatic carbocycles. The van der Waals surface area contributed by atoms with Gasteiger partial charge in [0.05, 0.1) is 12.5 Å². The highest BCUT2D eigenvalue weighted by atomic mass is 35.5. The molecular formula is C16H19ClN2OS. The fourth-order valence-corrected chi connectivity index (χ4v) is 3.63. The maximum Gasteiger partial charge on any atom is 0.227 e. The monoisotopic (exact) mass is 322 g/mol. The number of anilines is 1. The molecule has 3 rings (SSSR count). The summed E-state index contributed by atoms with van der Waals surface area (Å²) in [6.45, 7) is 0.871. The van der Waals surface area contributed by atoms with Crippen LogP contribution in [0.3, 0.4) is 0 Å². The molecule has 5 heteroatoms. The molecule has 0 radical (unpaired) electrons. The van der Waals surface area contributed by atoms with Gasteiger partial charge in [0, 0.05) is 17.1 Å². The summed E-state index contributed by atoms with van der Waals surface area (Å²) < 4.78 is 0. The van der Waals surface area contributed by atoms with Crippen molar-refractivity contribution in [2.75, 3.05) is 12.3 Å². The smallest absolute Gasteiger partial charge is 0.227 e. The lowest BCUT2D eigenvalue weighted by atomic mass is 10.1. The molecule has 0 aliphatic carbocycles. The average molecular weight is 323 g/mol. The Hall–Kier alpha value is -1.52. The van der Waals surface area contributed by atoms with Gasteiger partial charge in [-0.05, 0) is 42.0 Å². The largest absolute Gasteiger partial charge is 0.399 e. The maximum absolute atomic E-state index is 12.5. The molecule has 2 heterocycles. The minimum absolute atomic E-state index is 0. The summed E-state index contributed by atoms with van der Waals surface area (Å²) in [6.07, 6.45) is 2.63. The lowest BCUT2D eigenvalue weighted by Gasteiger charge is -2.24. The predicted octanol–water partition coefficient (Wildman–Crippen LogP) is 3.66. The molecule has 0 saturated carbocycles. The highest BCUT2D eigenvalue weighted by molar-refractivity contribution is 7.10. The highest BCUT2D eigenvalue weighted by Crippen LogP contribution is 2.34. The van der Waals surface area contributed by atoms with Crippen LogP contribution in [0.25, 0.3) is 0 Å². The molecule has 3 nitrogen and oxygen atoms in total.